The van der Waals surface area contributed by atoms with Gasteiger partial charge in [-0.25, -0.2) is 0 Å². The summed E-state index contributed by atoms with van der Waals surface area (Å²) in [5, 5.41) is 9.56. The first-order chi connectivity index (χ1) is 8.79. The van der Waals surface area contributed by atoms with E-state index in [2.05, 4.69) is 9.71 Å². The molecule has 0 saturated carbocycles. The number of hydrogen-bond donors (Lipinski definition) is 2. The van der Waals surface area contributed by atoms with Crippen LogP contribution in [0, 0.1) is 0 Å². The van der Waals surface area contributed by atoms with Gasteiger partial charge in [-0.2, -0.15) is 0 Å². The van der Waals surface area contributed by atoms with E-state index in [9.17, 15) is 9.66 Å². The molecule has 0 aliphatic rings. The highest BCUT2D eigenvalue weighted by Crippen LogP contribution is 2.16. The summed E-state index contributed by atoms with van der Waals surface area (Å²) in [5.41, 5.74) is 0.937. The van der Waals surface area contributed by atoms with Crippen molar-refractivity contribution in [1.82, 2.24) is 9.71 Å². The lowest BCUT2D eigenvalue weighted by Gasteiger charge is -2.28. The number of aromatic nitrogens is 1. The van der Waals surface area contributed by atoms with Crippen LogP contribution in [0.25, 0.3) is 0 Å². The Labute approximate surface area is 119 Å². The second-order valence-corrected chi connectivity index (χ2v) is 7.80. The topological polar surface area (TPSA) is 68.2 Å². The molecule has 0 amide bonds. The Hall–Kier alpha value is -0.620. The fraction of sp³-hybridized carbons (Fsp3) is 0.643. The Bertz CT molecular complexity index is 365. The maximum absolute atomic E-state index is 12.1. The molecule has 0 aromatic carbocycles. The molecule has 1 heterocycles. The van der Waals surface area contributed by atoms with Crippen LogP contribution in [-0.2, 0) is 17.8 Å². The average Bonchev–Trinajstić information content (AvgIpc) is 2.28. The number of hydrogen-bond acceptors (Lipinski definition) is 4. The van der Waals surface area contributed by atoms with E-state index in [1.165, 1.54) is 0 Å². The molecule has 0 fully saturated rings. The minimum absolute atomic E-state index is 0.0463. The third-order valence-corrected chi connectivity index (χ3v) is 4.30. The van der Waals surface area contributed by atoms with Gasteiger partial charge in [0.05, 0.1) is 12.1 Å². The van der Waals surface area contributed by atoms with Crippen molar-refractivity contribution in [2.24, 2.45) is 0 Å². The Kier molecular flexibility index (Phi) is 6.26. The third kappa shape index (κ3) is 6.38. The number of aliphatic hydroxyl groups is 1. The predicted octanol–water partition coefficient (Wildman–Crippen LogP) is 1.82. The van der Waals surface area contributed by atoms with Gasteiger partial charge in [-0.3, -0.25) is 4.98 Å². The minimum atomic E-state index is -1.15. The zero-order valence-corrected chi connectivity index (χ0v) is 12.9. The molecule has 1 aromatic rings. The smallest absolute Gasteiger partial charge is 0.136 e. The van der Waals surface area contributed by atoms with E-state index in [0.29, 0.717) is 12.8 Å². The maximum Gasteiger partial charge on any atom is 0.136 e. The molecule has 2 unspecified atom stereocenters. The molecule has 108 valence electrons. The van der Waals surface area contributed by atoms with Gasteiger partial charge in [-0.15, -0.1) is 4.72 Å². The second kappa shape index (κ2) is 7.24. The van der Waals surface area contributed by atoms with E-state index in [-0.39, 0.29) is 10.8 Å². The van der Waals surface area contributed by atoms with Crippen molar-refractivity contribution in [1.29, 1.82) is 0 Å². The van der Waals surface area contributed by atoms with Gasteiger partial charge in [0.1, 0.15) is 4.75 Å². The van der Waals surface area contributed by atoms with Gasteiger partial charge < -0.3 is 9.66 Å². The lowest BCUT2D eigenvalue weighted by atomic mass is 10.1. The molecule has 3 atom stereocenters. The van der Waals surface area contributed by atoms with Gasteiger partial charge in [0.25, 0.3) is 0 Å². The summed E-state index contributed by atoms with van der Waals surface area (Å²) in [6, 6.07) is 5.70. The second-order valence-electron chi connectivity index (χ2n) is 5.81. The Balaban J connectivity index is 2.67. The number of nitrogens with one attached hydrogen (secondary N) is 1. The summed E-state index contributed by atoms with van der Waals surface area (Å²) < 4.78 is 14.9. The Morgan fingerprint density at radius 3 is 2.58 bits per heavy atom. The normalized spacial score (nSPS) is 16.9. The van der Waals surface area contributed by atoms with Gasteiger partial charge in [-0.1, -0.05) is 6.07 Å². The molecule has 0 bridgehead atoms. The first-order valence-corrected chi connectivity index (χ1v) is 7.70. The molecule has 1 aromatic heterocycles. The van der Waals surface area contributed by atoms with Crippen LogP contribution in [0.3, 0.4) is 0 Å². The SMILES string of the molecule is CC(O)CC(Cc1ccccn1)N[S@+]([O-])C(C)(C)C. The van der Waals surface area contributed by atoms with E-state index in [0.717, 1.165) is 5.69 Å². The summed E-state index contributed by atoms with van der Waals surface area (Å²) in [4.78, 5) is 4.27. The minimum Gasteiger partial charge on any atom is -0.598 e. The highest BCUT2D eigenvalue weighted by molar-refractivity contribution is 7.90. The van der Waals surface area contributed by atoms with Crippen LogP contribution in [0.2, 0.25) is 0 Å². The van der Waals surface area contributed by atoms with Crippen LogP contribution in [0.15, 0.2) is 24.4 Å². The molecule has 0 spiro atoms. The fourth-order valence-electron chi connectivity index (χ4n) is 1.68. The quantitative estimate of drug-likeness (QED) is 0.782. The summed E-state index contributed by atoms with van der Waals surface area (Å²) in [7, 11) is 0. The summed E-state index contributed by atoms with van der Waals surface area (Å²) >= 11 is -1.15. The van der Waals surface area contributed by atoms with Crippen LogP contribution in [0.4, 0.5) is 0 Å². The number of pyridine rings is 1. The Morgan fingerprint density at radius 2 is 2.11 bits per heavy atom. The van der Waals surface area contributed by atoms with E-state index < -0.39 is 17.5 Å². The zero-order valence-electron chi connectivity index (χ0n) is 12.1. The lowest BCUT2D eigenvalue weighted by molar-refractivity contribution is 0.171. The van der Waals surface area contributed by atoms with Gasteiger partial charge in [0.15, 0.2) is 0 Å². The summed E-state index contributed by atoms with van der Waals surface area (Å²) in [5.74, 6) is 0. The van der Waals surface area contributed by atoms with E-state index in [1.807, 2.05) is 39.0 Å². The molecule has 19 heavy (non-hydrogen) atoms. The molecule has 2 N–H and O–H groups in total. The van der Waals surface area contributed by atoms with Crippen molar-refractivity contribution < 1.29 is 9.66 Å². The largest absolute Gasteiger partial charge is 0.598 e. The highest BCUT2D eigenvalue weighted by Gasteiger charge is 2.29. The molecule has 4 nitrogen and oxygen atoms in total. The lowest BCUT2D eigenvalue weighted by Crippen LogP contribution is -2.46. The zero-order chi connectivity index (χ0) is 14.5. The molecule has 0 aliphatic carbocycles. The number of rotatable bonds is 6. The van der Waals surface area contributed by atoms with Crippen molar-refractivity contribution in [3.05, 3.63) is 30.1 Å². The number of nitrogens with zero attached hydrogens (tertiary/aromatic N) is 1. The monoisotopic (exact) mass is 284 g/mol. The predicted molar refractivity (Wildman–Crippen MR) is 79.1 cm³/mol. The molecular weight excluding hydrogens is 260 g/mol. The van der Waals surface area contributed by atoms with E-state index >= 15 is 0 Å². The Morgan fingerprint density at radius 1 is 1.42 bits per heavy atom. The van der Waals surface area contributed by atoms with Gasteiger partial charge in [0, 0.05) is 29.7 Å². The van der Waals surface area contributed by atoms with E-state index in [1.54, 1.807) is 13.1 Å². The molecule has 5 heteroatoms. The first-order valence-electron chi connectivity index (χ1n) is 6.55. The van der Waals surface area contributed by atoms with Crippen LogP contribution < -0.4 is 4.72 Å². The van der Waals surface area contributed by atoms with Gasteiger partial charge >= 0.3 is 0 Å². The molecule has 0 aliphatic heterocycles. The highest BCUT2D eigenvalue weighted by atomic mass is 32.2. The van der Waals surface area contributed by atoms with Crippen molar-refractivity contribution >= 4 is 11.4 Å². The molecule has 0 radical (unpaired) electrons. The van der Waals surface area contributed by atoms with Crippen LogP contribution in [-0.4, -0.2) is 31.5 Å². The van der Waals surface area contributed by atoms with Crippen LogP contribution in [0.5, 0.6) is 0 Å². The molecule has 1 rings (SSSR count). The van der Waals surface area contributed by atoms with Crippen molar-refractivity contribution in [2.45, 2.75) is 57.4 Å². The van der Waals surface area contributed by atoms with Crippen molar-refractivity contribution in [3.63, 3.8) is 0 Å². The fourth-order valence-corrected chi connectivity index (χ4v) is 2.52. The van der Waals surface area contributed by atoms with Crippen LogP contribution in [0.1, 0.15) is 39.8 Å². The number of aliphatic hydroxyl groups excluding tert-OH is 1. The van der Waals surface area contributed by atoms with Gasteiger partial charge in [-0.05, 0) is 46.2 Å². The molecule has 0 saturated heterocycles. The summed E-state index contributed by atoms with van der Waals surface area (Å²) in [6.45, 7) is 7.52. The van der Waals surface area contributed by atoms with Crippen molar-refractivity contribution in [3.8, 4) is 0 Å². The average molecular weight is 284 g/mol. The van der Waals surface area contributed by atoms with E-state index in [4.69, 9.17) is 0 Å². The summed E-state index contributed by atoms with van der Waals surface area (Å²) in [6.07, 6.45) is 2.53. The standard InChI is InChI=1S/C14H24N2O2S/c1-11(17)9-13(16-19(18)14(2,3)4)10-12-7-5-6-8-15-12/h5-8,11,13,16-17H,9-10H2,1-4H3/t11?,13?,19-/m1/s1. The van der Waals surface area contributed by atoms with Crippen molar-refractivity contribution in [2.75, 3.05) is 0 Å². The first kappa shape index (κ1) is 16.4. The third-order valence-electron chi connectivity index (χ3n) is 2.64. The maximum atomic E-state index is 12.1. The van der Waals surface area contributed by atoms with Gasteiger partial charge in [0.2, 0.25) is 0 Å². The van der Waals surface area contributed by atoms with Crippen LogP contribution >= 0.6 is 0 Å². The molecular formula is C14H24N2O2S.